The molecule has 2 amide bonds. The van der Waals surface area contributed by atoms with Crippen molar-refractivity contribution in [1.29, 1.82) is 0 Å². The van der Waals surface area contributed by atoms with Crippen LogP contribution in [0.1, 0.15) is 50.2 Å². The molecule has 5 heteroatoms. The standard InChI is InChI=1S/C23H28N2O3/c1-4-8-17(5-2)18-11-14-20(15-12-18)24-23(27)25-21-10-7-6-9-19(21)13-16-22(26)28-3/h6-7,9-17H,4-5,8H2,1-3H3,(H2,24,25,27)/b16-13+. The first kappa shape index (κ1) is 21.2. The SMILES string of the molecule is CCCC(CC)c1ccc(NC(=O)Nc2ccccc2/C=C/C(=O)OC)cc1. The molecule has 0 heterocycles. The van der Waals surface area contributed by atoms with Gasteiger partial charge in [-0.25, -0.2) is 9.59 Å². The topological polar surface area (TPSA) is 67.4 Å². The van der Waals surface area contributed by atoms with Gasteiger partial charge < -0.3 is 15.4 Å². The molecule has 0 radical (unpaired) electrons. The number of benzene rings is 2. The second-order valence-electron chi connectivity index (χ2n) is 6.54. The van der Waals surface area contributed by atoms with E-state index in [2.05, 4.69) is 41.4 Å². The third-order valence-electron chi connectivity index (χ3n) is 4.58. The number of para-hydroxylation sites is 1. The molecule has 0 aliphatic heterocycles. The van der Waals surface area contributed by atoms with Crippen LogP contribution in [0, 0.1) is 0 Å². The molecule has 0 aromatic heterocycles. The minimum absolute atomic E-state index is 0.340. The molecule has 2 N–H and O–H groups in total. The zero-order chi connectivity index (χ0) is 20.4. The van der Waals surface area contributed by atoms with Crippen LogP contribution in [0.15, 0.2) is 54.6 Å². The molecule has 2 aromatic carbocycles. The molecule has 0 aliphatic carbocycles. The van der Waals surface area contributed by atoms with Crippen LogP contribution >= 0.6 is 0 Å². The van der Waals surface area contributed by atoms with E-state index < -0.39 is 5.97 Å². The summed E-state index contributed by atoms with van der Waals surface area (Å²) in [5, 5.41) is 5.66. The van der Waals surface area contributed by atoms with Crippen molar-refractivity contribution in [2.75, 3.05) is 17.7 Å². The Labute approximate surface area is 166 Å². The van der Waals surface area contributed by atoms with Crippen molar-refractivity contribution < 1.29 is 14.3 Å². The normalized spacial score (nSPS) is 11.8. The van der Waals surface area contributed by atoms with Crippen LogP contribution in [0.2, 0.25) is 0 Å². The molecule has 2 rings (SSSR count). The molecular weight excluding hydrogens is 352 g/mol. The van der Waals surface area contributed by atoms with Gasteiger partial charge in [0.05, 0.1) is 7.11 Å². The smallest absolute Gasteiger partial charge is 0.330 e. The third kappa shape index (κ3) is 6.27. The average molecular weight is 380 g/mol. The van der Waals surface area contributed by atoms with Crippen molar-refractivity contribution >= 4 is 29.5 Å². The maximum absolute atomic E-state index is 12.4. The van der Waals surface area contributed by atoms with Gasteiger partial charge in [-0.1, -0.05) is 50.6 Å². The Hall–Kier alpha value is -3.08. The molecule has 0 saturated carbocycles. The number of anilines is 2. The number of carbonyl (C=O) groups excluding carboxylic acids is 2. The van der Waals surface area contributed by atoms with Crippen molar-refractivity contribution in [3.8, 4) is 0 Å². The van der Waals surface area contributed by atoms with Crippen molar-refractivity contribution in [3.05, 3.63) is 65.7 Å². The average Bonchev–Trinajstić information content (AvgIpc) is 2.71. The molecule has 28 heavy (non-hydrogen) atoms. The van der Waals surface area contributed by atoms with Crippen LogP contribution in [0.4, 0.5) is 16.2 Å². The highest BCUT2D eigenvalue weighted by Crippen LogP contribution is 2.26. The van der Waals surface area contributed by atoms with Crippen LogP contribution in [-0.4, -0.2) is 19.1 Å². The lowest BCUT2D eigenvalue weighted by Crippen LogP contribution is -2.20. The van der Waals surface area contributed by atoms with Gasteiger partial charge >= 0.3 is 12.0 Å². The van der Waals surface area contributed by atoms with Crippen molar-refractivity contribution in [2.45, 2.75) is 39.0 Å². The summed E-state index contributed by atoms with van der Waals surface area (Å²) < 4.78 is 4.60. The summed E-state index contributed by atoms with van der Waals surface area (Å²) in [7, 11) is 1.32. The second-order valence-corrected chi connectivity index (χ2v) is 6.54. The first-order chi connectivity index (χ1) is 13.6. The molecule has 5 nitrogen and oxygen atoms in total. The van der Waals surface area contributed by atoms with Crippen LogP contribution in [0.25, 0.3) is 6.08 Å². The van der Waals surface area contributed by atoms with E-state index in [9.17, 15) is 9.59 Å². The lowest BCUT2D eigenvalue weighted by Gasteiger charge is -2.15. The Bertz CT molecular complexity index is 813. The summed E-state index contributed by atoms with van der Waals surface area (Å²) >= 11 is 0. The molecule has 0 bridgehead atoms. The first-order valence-electron chi connectivity index (χ1n) is 9.60. The van der Waals surface area contributed by atoms with E-state index in [1.54, 1.807) is 12.1 Å². The van der Waals surface area contributed by atoms with Gasteiger partial charge in [-0.05, 0) is 54.2 Å². The first-order valence-corrected chi connectivity index (χ1v) is 9.60. The van der Waals surface area contributed by atoms with Gasteiger partial charge in [0.15, 0.2) is 0 Å². The fourth-order valence-corrected chi connectivity index (χ4v) is 3.06. The highest BCUT2D eigenvalue weighted by molar-refractivity contribution is 6.01. The van der Waals surface area contributed by atoms with Crippen LogP contribution in [-0.2, 0) is 9.53 Å². The molecule has 1 unspecified atom stereocenters. The number of urea groups is 1. The maximum atomic E-state index is 12.4. The van der Waals surface area contributed by atoms with E-state index in [0.717, 1.165) is 18.5 Å². The number of nitrogens with one attached hydrogen (secondary N) is 2. The molecule has 0 saturated heterocycles. The van der Waals surface area contributed by atoms with E-state index in [1.807, 2.05) is 30.3 Å². The fraction of sp³-hybridized carbons (Fsp3) is 0.304. The highest BCUT2D eigenvalue weighted by Gasteiger charge is 2.09. The van der Waals surface area contributed by atoms with Crippen molar-refractivity contribution in [2.24, 2.45) is 0 Å². The molecular formula is C23H28N2O3. The minimum atomic E-state index is -0.451. The lowest BCUT2D eigenvalue weighted by atomic mass is 9.92. The number of amides is 2. The summed E-state index contributed by atoms with van der Waals surface area (Å²) in [5.41, 5.74) is 3.35. The predicted molar refractivity (Wildman–Crippen MR) is 115 cm³/mol. The van der Waals surface area contributed by atoms with Gasteiger partial charge in [0.2, 0.25) is 0 Å². The minimum Gasteiger partial charge on any atom is -0.466 e. The van der Waals surface area contributed by atoms with Gasteiger partial charge in [-0.3, -0.25) is 0 Å². The number of carbonyl (C=O) groups is 2. The third-order valence-corrected chi connectivity index (χ3v) is 4.58. The van der Waals surface area contributed by atoms with E-state index in [1.165, 1.54) is 25.2 Å². The summed E-state index contributed by atoms with van der Waals surface area (Å²) in [6.45, 7) is 4.40. The summed E-state index contributed by atoms with van der Waals surface area (Å²) in [6, 6.07) is 14.9. The van der Waals surface area contributed by atoms with E-state index in [0.29, 0.717) is 17.2 Å². The Morgan fingerprint density at radius 2 is 1.75 bits per heavy atom. The molecule has 0 aliphatic rings. The van der Waals surface area contributed by atoms with E-state index in [-0.39, 0.29) is 6.03 Å². The number of hydrogen-bond donors (Lipinski definition) is 2. The molecule has 1 atom stereocenters. The Morgan fingerprint density at radius 3 is 2.39 bits per heavy atom. The van der Waals surface area contributed by atoms with Gasteiger partial charge in [0, 0.05) is 17.5 Å². The van der Waals surface area contributed by atoms with Crippen LogP contribution in [0.3, 0.4) is 0 Å². The van der Waals surface area contributed by atoms with Gasteiger partial charge in [0.25, 0.3) is 0 Å². The fourth-order valence-electron chi connectivity index (χ4n) is 3.06. The van der Waals surface area contributed by atoms with Gasteiger partial charge in [-0.15, -0.1) is 0 Å². The van der Waals surface area contributed by atoms with Crippen LogP contribution in [0.5, 0.6) is 0 Å². The number of esters is 1. The number of ether oxygens (including phenoxy) is 1. The number of hydrogen-bond acceptors (Lipinski definition) is 3. The highest BCUT2D eigenvalue weighted by atomic mass is 16.5. The van der Waals surface area contributed by atoms with Gasteiger partial charge in [-0.2, -0.15) is 0 Å². The Balaban J connectivity index is 2.03. The summed E-state index contributed by atoms with van der Waals surface area (Å²) in [4.78, 5) is 23.7. The quantitative estimate of drug-likeness (QED) is 0.448. The maximum Gasteiger partial charge on any atom is 0.330 e. The van der Waals surface area contributed by atoms with Crippen molar-refractivity contribution in [1.82, 2.24) is 0 Å². The van der Waals surface area contributed by atoms with Crippen LogP contribution < -0.4 is 10.6 Å². The predicted octanol–water partition coefficient (Wildman–Crippen LogP) is 5.81. The second kappa shape index (κ2) is 10.9. The summed E-state index contributed by atoms with van der Waals surface area (Å²) in [6.07, 6.45) is 6.35. The Kier molecular flexibility index (Phi) is 8.28. The zero-order valence-corrected chi connectivity index (χ0v) is 16.7. The van der Waals surface area contributed by atoms with E-state index in [4.69, 9.17) is 0 Å². The van der Waals surface area contributed by atoms with Crippen molar-refractivity contribution in [3.63, 3.8) is 0 Å². The summed E-state index contributed by atoms with van der Waals surface area (Å²) in [5.74, 6) is 0.106. The monoisotopic (exact) mass is 380 g/mol. The number of rotatable bonds is 8. The van der Waals surface area contributed by atoms with E-state index >= 15 is 0 Å². The van der Waals surface area contributed by atoms with Gasteiger partial charge in [0.1, 0.15) is 0 Å². The molecule has 0 spiro atoms. The molecule has 2 aromatic rings. The Morgan fingerprint density at radius 1 is 1.04 bits per heavy atom. The number of methoxy groups -OCH3 is 1. The largest absolute Gasteiger partial charge is 0.466 e. The molecule has 0 fully saturated rings. The zero-order valence-electron chi connectivity index (χ0n) is 16.7. The lowest BCUT2D eigenvalue weighted by molar-refractivity contribution is -0.134. The molecule has 148 valence electrons.